The molecule has 1 N–H and O–H groups in total. The fraction of sp³-hybridized carbons (Fsp3) is 0.231. The molecule has 1 aliphatic carbocycles. The number of nitrogens with zero attached hydrogens (tertiary/aromatic N) is 3. The van der Waals surface area contributed by atoms with Crippen molar-refractivity contribution in [2.24, 2.45) is 0 Å². The average molecular weight is 474 g/mol. The number of rotatable bonds is 2. The second kappa shape index (κ2) is 4.12. The number of imidazole rings is 1. The van der Waals surface area contributed by atoms with Gasteiger partial charge in [0.05, 0.1) is 0 Å². The minimum absolute atomic E-state index is 0.0146. The van der Waals surface area contributed by atoms with Gasteiger partial charge in [0.25, 0.3) is 0 Å². The molecule has 102 valence electrons. The van der Waals surface area contributed by atoms with Gasteiger partial charge in [0.2, 0.25) is 0 Å². The summed E-state index contributed by atoms with van der Waals surface area (Å²) in [5.41, 5.74) is 1.66. The van der Waals surface area contributed by atoms with Gasteiger partial charge >= 0.3 is 136 Å². The third-order valence-corrected chi connectivity index (χ3v) is 5.39. The Morgan fingerprint density at radius 2 is 2.33 bits per heavy atom. The number of carbonyl (C=O) groups excluding carboxylic acids is 1. The van der Waals surface area contributed by atoms with Gasteiger partial charge in [-0.2, -0.15) is 0 Å². The molecule has 2 unspecified atom stereocenters. The van der Waals surface area contributed by atoms with Gasteiger partial charge in [-0.1, -0.05) is 0 Å². The van der Waals surface area contributed by atoms with Crippen LogP contribution in [-0.2, 0) is 10.2 Å². The molecule has 8 heteroatoms. The topological polar surface area (TPSA) is 90.1 Å². The standard InChI is InChI=1S/C13H10N4O3.Tl/c18-12-13(4-9(13)11-5-14-6-15-11)8-3-7(17(19)20)1-2-10(8)16-12;/h1-3,5-6,9H,4H2,(H2,14,15,16,18);/q;+1/p-1. The summed E-state index contributed by atoms with van der Waals surface area (Å²) in [7, 11) is 0. The molecule has 2 aromatic rings. The molecule has 2 heterocycles. The zero-order valence-electron chi connectivity index (χ0n) is 10.8. The molecule has 2 atom stereocenters. The van der Waals surface area contributed by atoms with Gasteiger partial charge in [0.1, 0.15) is 0 Å². The Labute approximate surface area is 135 Å². The fourth-order valence-corrected chi connectivity index (χ4v) is 4.03. The summed E-state index contributed by atoms with van der Waals surface area (Å²) in [4.78, 5) is 27.3. The average Bonchev–Trinajstić information content (AvgIpc) is 2.96. The molecule has 1 amide bonds. The van der Waals surface area contributed by atoms with Crippen LogP contribution in [0.2, 0.25) is 0 Å². The van der Waals surface area contributed by atoms with E-state index in [9.17, 15) is 14.9 Å². The van der Waals surface area contributed by atoms with Crippen LogP contribution in [0.3, 0.4) is 0 Å². The van der Waals surface area contributed by atoms with Gasteiger partial charge < -0.3 is 0 Å². The zero-order chi connectivity index (χ0) is 14.8. The maximum atomic E-state index is 12.4. The summed E-state index contributed by atoms with van der Waals surface area (Å²) in [6, 6.07) is 4.55. The SMILES string of the molecule is O=C1Nc2ccc([N+](=O)[O-])cc2C12CC2c1c[n]([Tl])cn1. The molecule has 21 heavy (non-hydrogen) atoms. The summed E-state index contributed by atoms with van der Waals surface area (Å²) in [5.74, 6) is -0.0610. The van der Waals surface area contributed by atoms with Crippen LogP contribution in [0.15, 0.2) is 30.7 Å². The number of fused-ring (bicyclic) bond motifs is 2. The van der Waals surface area contributed by atoms with Crippen LogP contribution in [-0.4, -0.2) is 44.3 Å². The number of non-ortho nitro benzene ring substituents is 1. The van der Waals surface area contributed by atoms with Gasteiger partial charge in [-0.15, -0.1) is 0 Å². The first-order valence-corrected chi connectivity index (χ1v) is 8.42. The molecule has 1 spiro atoms. The predicted molar refractivity (Wildman–Crippen MR) is 74.1 cm³/mol. The molecule has 0 bridgehead atoms. The van der Waals surface area contributed by atoms with Crippen LogP contribution in [0.1, 0.15) is 23.6 Å². The van der Waals surface area contributed by atoms with E-state index in [-0.39, 0.29) is 17.5 Å². The molecule has 1 fully saturated rings. The third kappa shape index (κ3) is 1.69. The minimum atomic E-state index is -0.666. The van der Waals surface area contributed by atoms with E-state index in [1.54, 1.807) is 12.4 Å². The van der Waals surface area contributed by atoms with Crippen LogP contribution in [0.4, 0.5) is 11.4 Å². The molecule has 0 saturated heterocycles. The van der Waals surface area contributed by atoms with Crippen molar-refractivity contribution < 1.29 is 9.72 Å². The van der Waals surface area contributed by atoms with Crippen LogP contribution in [0.5, 0.6) is 0 Å². The second-order valence-electron chi connectivity index (χ2n) is 5.41. The van der Waals surface area contributed by atoms with Crippen molar-refractivity contribution in [3.05, 3.63) is 52.1 Å². The van der Waals surface area contributed by atoms with E-state index in [4.69, 9.17) is 0 Å². The monoisotopic (exact) mass is 474 g/mol. The number of carbonyl (C=O) groups is 1. The molecule has 1 aromatic carbocycles. The molecule has 1 aromatic heterocycles. The Morgan fingerprint density at radius 1 is 1.52 bits per heavy atom. The first-order valence-electron chi connectivity index (χ1n) is 6.42. The predicted octanol–water partition coefficient (Wildman–Crippen LogP) is 1.10. The van der Waals surface area contributed by atoms with Crippen molar-refractivity contribution in [2.75, 3.05) is 5.32 Å². The molecule has 4 rings (SSSR count). The maximum absolute atomic E-state index is 12.4. The van der Waals surface area contributed by atoms with E-state index in [1.807, 2.05) is 8.57 Å². The van der Waals surface area contributed by atoms with Crippen molar-refractivity contribution in [3.63, 3.8) is 0 Å². The summed E-state index contributed by atoms with van der Waals surface area (Å²) in [5, 5.41) is 13.8. The Balaban J connectivity index is 1.81. The van der Waals surface area contributed by atoms with Gasteiger partial charge in [-0.25, -0.2) is 0 Å². The van der Waals surface area contributed by atoms with E-state index < -0.39 is 10.3 Å². The van der Waals surface area contributed by atoms with Gasteiger partial charge in [0.15, 0.2) is 0 Å². The van der Waals surface area contributed by atoms with E-state index in [0.717, 1.165) is 11.3 Å². The number of anilines is 1. The van der Waals surface area contributed by atoms with E-state index in [2.05, 4.69) is 10.3 Å². The normalized spacial score (nSPS) is 25.7. The number of benzene rings is 1. The van der Waals surface area contributed by atoms with Crippen LogP contribution in [0, 0.1) is 10.1 Å². The van der Waals surface area contributed by atoms with Crippen LogP contribution in [0.25, 0.3) is 0 Å². The van der Waals surface area contributed by atoms with Crippen LogP contribution >= 0.6 is 0 Å². The first-order chi connectivity index (χ1) is 10.0. The molecule has 1 saturated carbocycles. The molecule has 1 aliphatic heterocycles. The van der Waals surface area contributed by atoms with Gasteiger partial charge in [0, 0.05) is 0 Å². The van der Waals surface area contributed by atoms with Crippen molar-refractivity contribution in [1.29, 1.82) is 0 Å². The molecular formula is C13H9N4O3Tl. The zero-order valence-corrected chi connectivity index (χ0v) is 15.3. The number of nitrogens with one attached hydrogen (secondary N) is 1. The van der Waals surface area contributed by atoms with Crippen molar-refractivity contribution in [3.8, 4) is 0 Å². The number of nitro groups is 1. The summed E-state index contributed by atoms with van der Waals surface area (Å²) in [6.07, 6.45) is 4.40. The van der Waals surface area contributed by atoms with E-state index in [1.165, 1.54) is 12.1 Å². The Bertz CT molecular complexity index is 802. The number of nitro benzene ring substituents is 1. The number of hydrogen-bond donors (Lipinski definition) is 1. The second-order valence-corrected chi connectivity index (χ2v) is 7.73. The number of hydrogen-bond acceptors (Lipinski definition) is 4. The Kier molecular flexibility index (Phi) is 2.54. The summed E-state index contributed by atoms with van der Waals surface area (Å²) in [6.45, 7) is 0. The summed E-state index contributed by atoms with van der Waals surface area (Å²) < 4.78 is 2.00. The number of aromatic nitrogens is 2. The number of amides is 1. The molecular weight excluding hydrogens is 465 g/mol. The van der Waals surface area contributed by atoms with Gasteiger partial charge in [-0.3, -0.25) is 0 Å². The fourth-order valence-electron chi connectivity index (χ4n) is 3.18. The Morgan fingerprint density at radius 3 is 3.00 bits per heavy atom. The third-order valence-electron chi connectivity index (χ3n) is 4.29. The quantitative estimate of drug-likeness (QED) is 0.402. The van der Waals surface area contributed by atoms with E-state index in [0.29, 0.717) is 38.2 Å². The van der Waals surface area contributed by atoms with E-state index >= 15 is 0 Å². The molecule has 2 aliphatic rings. The van der Waals surface area contributed by atoms with Crippen molar-refractivity contribution in [1.82, 2.24) is 7.36 Å². The summed E-state index contributed by atoms with van der Waals surface area (Å²) >= 11 is 0.636. The Hall–Kier alpha value is -1.78. The first kappa shape index (κ1) is 12.9. The molecule has 7 nitrogen and oxygen atoms in total. The van der Waals surface area contributed by atoms with Gasteiger partial charge in [-0.05, 0) is 0 Å². The van der Waals surface area contributed by atoms with Crippen molar-refractivity contribution >= 4 is 43.3 Å². The molecule has 0 radical (unpaired) electrons. The van der Waals surface area contributed by atoms with Crippen LogP contribution < -0.4 is 5.32 Å². The van der Waals surface area contributed by atoms with Crippen molar-refractivity contribution in [2.45, 2.75) is 17.8 Å².